The van der Waals surface area contributed by atoms with Crippen molar-refractivity contribution in [2.75, 3.05) is 0 Å². The van der Waals surface area contributed by atoms with E-state index in [0.29, 0.717) is 19.3 Å². The third kappa shape index (κ3) is 2.13. The van der Waals surface area contributed by atoms with E-state index in [4.69, 9.17) is 0 Å². The molecule has 2 rings (SSSR count). The van der Waals surface area contributed by atoms with Gasteiger partial charge in [0.25, 0.3) is 0 Å². The molecule has 1 fully saturated rings. The van der Waals surface area contributed by atoms with Gasteiger partial charge in [-0.25, -0.2) is 13.1 Å². The summed E-state index contributed by atoms with van der Waals surface area (Å²) in [4.78, 5) is 11.3. The molecule has 1 heterocycles. The third-order valence-electron chi connectivity index (χ3n) is 3.53. The van der Waals surface area contributed by atoms with Crippen molar-refractivity contribution in [2.24, 2.45) is 5.41 Å². The molecule has 7 nitrogen and oxygen atoms in total. The smallest absolute Gasteiger partial charge is 0.310 e. The molecule has 2 unspecified atom stereocenters. The average molecular weight is 273 g/mol. The summed E-state index contributed by atoms with van der Waals surface area (Å²) >= 11 is 0. The molecule has 1 aliphatic carbocycles. The molecule has 0 aromatic carbocycles. The first-order chi connectivity index (χ1) is 8.36. The van der Waals surface area contributed by atoms with Crippen LogP contribution in [0.2, 0.25) is 0 Å². The van der Waals surface area contributed by atoms with Crippen LogP contribution >= 0.6 is 0 Å². The van der Waals surface area contributed by atoms with Gasteiger partial charge in [-0.05, 0) is 19.8 Å². The Labute approximate surface area is 105 Å². The van der Waals surface area contributed by atoms with Crippen molar-refractivity contribution in [1.82, 2.24) is 14.9 Å². The number of hydrogen-bond donors (Lipinski definition) is 3. The van der Waals surface area contributed by atoms with Crippen molar-refractivity contribution in [2.45, 2.75) is 37.1 Å². The van der Waals surface area contributed by atoms with Crippen LogP contribution in [-0.4, -0.2) is 35.7 Å². The highest BCUT2D eigenvalue weighted by atomic mass is 32.2. The second-order valence-corrected chi connectivity index (χ2v) is 6.44. The van der Waals surface area contributed by atoms with Crippen LogP contribution in [0.25, 0.3) is 0 Å². The molecular formula is C10H15N3O4S. The maximum absolute atomic E-state index is 12.0. The summed E-state index contributed by atoms with van der Waals surface area (Å²) in [6, 6.07) is -0.588. The molecule has 8 heteroatoms. The van der Waals surface area contributed by atoms with E-state index < -0.39 is 27.4 Å². The fourth-order valence-corrected chi connectivity index (χ4v) is 3.54. The number of aliphatic carboxylic acids is 1. The van der Waals surface area contributed by atoms with Crippen molar-refractivity contribution in [3.63, 3.8) is 0 Å². The Balaban J connectivity index is 2.22. The van der Waals surface area contributed by atoms with Crippen LogP contribution in [0.15, 0.2) is 17.3 Å². The summed E-state index contributed by atoms with van der Waals surface area (Å²) in [5, 5.41) is 15.2. The summed E-state index contributed by atoms with van der Waals surface area (Å²) in [5.74, 6) is -0.972. The van der Waals surface area contributed by atoms with E-state index in [0.717, 1.165) is 0 Å². The lowest BCUT2D eigenvalue weighted by atomic mass is 9.85. The molecule has 1 aromatic rings. The summed E-state index contributed by atoms with van der Waals surface area (Å²) < 4.78 is 26.5. The van der Waals surface area contributed by atoms with Crippen LogP contribution in [-0.2, 0) is 14.8 Å². The van der Waals surface area contributed by atoms with E-state index in [1.165, 1.54) is 12.4 Å². The van der Waals surface area contributed by atoms with Gasteiger partial charge in [-0.2, -0.15) is 5.10 Å². The van der Waals surface area contributed by atoms with Gasteiger partial charge in [0.05, 0.1) is 11.6 Å². The molecule has 0 bridgehead atoms. The van der Waals surface area contributed by atoms with E-state index in [1.807, 2.05) is 0 Å². The van der Waals surface area contributed by atoms with Crippen LogP contribution < -0.4 is 4.72 Å². The summed E-state index contributed by atoms with van der Waals surface area (Å²) in [7, 11) is -3.71. The van der Waals surface area contributed by atoms with Gasteiger partial charge >= 0.3 is 5.97 Å². The van der Waals surface area contributed by atoms with Crippen molar-refractivity contribution < 1.29 is 18.3 Å². The topological polar surface area (TPSA) is 112 Å². The van der Waals surface area contributed by atoms with Crippen molar-refractivity contribution >= 4 is 16.0 Å². The minimum atomic E-state index is -3.71. The quantitative estimate of drug-likeness (QED) is 0.732. The number of aromatic nitrogens is 2. The van der Waals surface area contributed by atoms with E-state index in [-0.39, 0.29) is 4.90 Å². The van der Waals surface area contributed by atoms with Crippen LogP contribution in [0.3, 0.4) is 0 Å². The number of rotatable bonds is 4. The van der Waals surface area contributed by atoms with Gasteiger partial charge in [-0.3, -0.25) is 9.89 Å². The molecule has 3 N–H and O–H groups in total. The minimum Gasteiger partial charge on any atom is -0.481 e. The predicted molar refractivity (Wildman–Crippen MR) is 62.3 cm³/mol. The lowest BCUT2D eigenvalue weighted by molar-refractivity contribution is -0.148. The monoisotopic (exact) mass is 273 g/mol. The highest BCUT2D eigenvalue weighted by molar-refractivity contribution is 7.89. The Morgan fingerprint density at radius 1 is 1.67 bits per heavy atom. The Bertz CT molecular complexity index is 539. The number of H-pyrrole nitrogens is 1. The number of aromatic amines is 1. The number of hydrogen-bond acceptors (Lipinski definition) is 4. The average Bonchev–Trinajstić information content (AvgIpc) is 2.89. The minimum absolute atomic E-state index is 0.0159. The van der Waals surface area contributed by atoms with Gasteiger partial charge in [0, 0.05) is 12.2 Å². The number of carboxylic acid groups (broad SMARTS) is 1. The van der Waals surface area contributed by atoms with Gasteiger partial charge in [0.15, 0.2) is 0 Å². The zero-order valence-electron chi connectivity index (χ0n) is 9.88. The molecule has 18 heavy (non-hydrogen) atoms. The Morgan fingerprint density at radius 2 is 2.39 bits per heavy atom. The second kappa shape index (κ2) is 4.36. The maximum atomic E-state index is 12.0. The summed E-state index contributed by atoms with van der Waals surface area (Å²) in [5.41, 5.74) is -1.04. The Hall–Kier alpha value is -1.41. The van der Waals surface area contributed by atoms with E-state index in [1.54, 1.807) is 6.92 Å². The molecule has 1 aromatic heterocycles. The standard InChI is InChI=1S/C10H15N3O4S/c1-10(9(14)15)4-2-3-8(10)13-18(16,17)7-5-11-12-6-7/h5-6,8,13H,2-4H2,1H3,(H,11,12)(H,14,15). The molecule has 0 aliphatic heterocycles. The van der Waals surface area contributed by atoms with Crippen molar-refractivity contribution in [3.05, 3.63) is 12.4 Å². The van der Waals surface area contributed by atoms with Crippen LogP contribution in [0.4, 0.5) is 0 Å². The van der Waals surface area contributed by atoms with Crippen molar-refractivity contribution in [1.29, 1.82) is 0 Å². The van der Waals surface area contributed by atoms with Gasteiger partial charge < -0.3 is 5.11 Å². The predicted octanol–water partition coefficient (Wildman–Crippen LogP) is 0.331. The fourth-order valence-electron chi connectivity index (χ4n) is 2.25. The van der Waals surface area contributed by atoms with Crippen LogP contribution in [0, 0.1) is 5.41 Å². The Kier molecular flexibility index (Phi) is 3.16. The largest absolute Gasteiger partial charge is 0.481 e. The fraction of sp³-hybridized carbons (Fsp3) is 0.600. The summed E-state index contributed by atoms with van der Waals surface area (Å²) in [6.07, 6.45) is 4.15. The number of nitrogens with zero attached hydrogens (tertiary/aromatic N) is 1. The first kappa shape index (κ1) is 13.0. The van der Waals surface area contributed by atoms with Crippen molar-refractivity contribution in [3.8, 4) is 0 Å². The SMILES string of the molecule is CC1(C(=O)O)CCCC1NS(=O)(=O)c1cn[nH]c1. The Morgan fingerprint density at radius 3 is 2.94 bits per heavy atom. The lowest BCUT2D eigenvalue weighted by Crippen LogP contribution is -2.46. The summed E-state index contributed by atoms with van der Waals surface area (Å²) in [6.45, 7) is 1.57. The van der Waals surface area contributed by atoms with Crippen LogP contribution in [0.1, 0.15) is 26.2 Å². The second-order valence-electron chi connectivity index (χ2n) is 4.72. The molecule has 0 amide bonds. The van der Waals surface area contributed by atoms with Gasteiger partial charge in [0.2, 0.25) is 10.0 Å². The van der Waals surface area contributed by atoms with E-state index in [2.05, 4.69) is 14.9 Å². The van der Waals surface area contributed by atoms with E-state index in [9.17, 15) is 18.3 Å². The molecule has 0 radical (unpaired) electrons. The lowest BCUT2D eigenvalue weighted by Gasteiger charge is -2.27. The highest BCUT2D eigenvalue weighted by Gasteiger charge is 2.46. The maximum Gasteiger partial charge on any atom is 0.310 e. The number of carbonyl (C=O) groups is 1. The van der Waals surface area contributed by atoms with Gasteiger partial charge in [-0.15, -0.1) is 0 Å². The van der Waals surface area contributed by atoms with Gasteiger partial charge in [0.1, 0.15) is 4.90 Å². The normalized spacial score (nSPS) is 28.4. The number of sulfonamides is 1. The zero-order valence-corrected chi connectivity index (χ0v) is 10.7. The number of nitrogens with one attached hydrogen (secondary N) is 2. The molecule has 1 saturated carbocycles. The third-order valence-corrected chi connectivity index (χ3v) is 4.97. The van der Waals surface area contributed by atoms with Gasteiger partial charge in [-0.1, -0.05) is 6.42 Å². The molecular weight excluding hydrogens is 258 g/mol. The number of carboxylic acids is 1. The van der Waals surface area contributed by atoms with Crippen LogP contribution in [0.5, 0.6) is 0 Å². The first-order valence-corrected chi connectivity index (χ1v) is 7.09. The molecule has 2 atom stereocenters. The first-order valence-electron chi connectivity index (χ1n) is 5.61. The molecule has 0 saturated heterocycles. The van der Waals surface area contributed by atoms with E-state index >= 15 is 0 Å². The highest BCUT2D eigenvalue weighted by Crippen LogP contribution is 2.38. The zero-order chi connectivity index (χ0) is 13.4. The molecule has 1 aliphatic rings. The molecule has 0 spiro atoms. The molecule has 100 valence electrons.